The largest absolute Gasteiger partial charge is 0.494 e. The lowest BCUT2D eigenvalue weighted by atomic mass is 9.95. The normalized spacial score (nSPS) is 17.1. The molecule has 10 heteroatoms. The second-order valence-corrected chi connectivity index (χ2v) is 11.6. The van der Waals surface area contributed by atoms with Crippen molar-refractivity contribution in [1.82, 2.24) is 9.88 Å². The van der Waals surface area contributed by atoms with Gasteiger partial charge in [-0.05, 0) is 99.7 Å². The monoisotopic (exact) mass is 569 g/mol. The minimum absolute atomic E-state index is 0.224. The first-order valence-corrected chi connectivity index (χ1v) is 14.5. The maximum absolute atomic E-state index is 13.0. The van der Waals surface area contributed by atoms with Crippen LogP contribution >= 0.6 is 34.7 Å². The van der Waals surface area contributed by atoms with Gasteiger partial charge in [-0.3, -0.25) is 4.79 Å². The summed E-state index contributed by atoms with van der Waals surface area (Å²) in [7, 11) is 1.56. The summed E-state index contributed by atoms with van der Waals surface area (Å²) >= 11 is 9.07. The zero-order chi connectivity index (χ0) is 27.0. The van der Waals surface area contributed by atoms with E-state index in [0.29, 0.717) is 38.7 Å². The number of nitrogens with zero attached hydrogens (tertiary/aromatic N) is 2. The number of nitrogens with one attached hydrogen (secondary N) is 1. The number of benzene rings is 1. The standard InChI is InChI=1S/C28H28ClN3O4S2/c1-5-36-27(34)24-19-8-6-7-9-22(19)37-26(24)32-15(2)12-17(16(32)3)13-23-25(33)31-28(38-23)30-20-14-18(29)10-11-21(20)35-4/h10-14H,5-9H2,1-4H3,(H,30,31,33)/b23-13-. The molecule has 0 atom stereocenters. The number of amidine groups is 1. The quantitative estimate of drug-likeness (QED) is 0.262. The van der Waals surface area contributed by atoms with E-state index >= 15 is 0 Å². The Balaban J connectivity index is 1.51. The molecule has 2 aromatic heterocycles. The molecular weight excluding hydrogens is 542 g/mol. The Morgan fingerprint density at radius 1 is 1.24 bits per heavy atom. The molecule has 1 aromatic carbocycles. The van der Waals surface area contributed by atoms with Gasteiger partial charge >= 0.3 is 5.97 Å². The van der Waals surface area contributed by atoms with Crippen LogP contribution in [0.25, 0.3) is 11.1 Å². The Hall–Kier alpha value is -3.01. The highest BCUT2D eigenvalue weighted by molar-refractivity contribution is 8.18. The summed E-state index contributed by atoms with van der Waals surface area (Å²) in [5.41, 5.74) is 5.20. The second-order valence-electron chi connectivity index (χ2n) is 9.07. The minimum atomic E-state index is -0.266. The van der Waals surface area contributed by atoms with E-state index in [2.05, 4.69) is 14.9 Å². The lowest BCUT2D eigenvalue weighted by molar-refractivity contribution is -0.115. The smallest absolute Gasteiger partial charge is 0.341 e. The molecule has 0 spiro atoms. The predicted molar refractivity (Wildman–Crippen MR) is 155 cm³/mol. The van der Waals surface area contributed by atoms with E-state index in [-0.39, 0.29) is 11.9 Å². The van der Waals surface area contributed by atoms with Crippen molar-refractivity contribution in [2.24, 2.45) is 4.99 Å². The van der Waals surface area contributed by atoms with E-state index in [1.807, 2.05) is 32.9 Å². The number of hydrogen-bond acceptors (Lipinski definition) is 7. The van der Waals surface area contributed by atoms with Crippen LogP contribution in [0.3, 0.4) is 0 Å². The van der Waals surface area contributed by atoms with Gasteiger partial charge in [0.15, 0.2) is 5.17 Å². The number of aromatic nitrogens is 1. The third-order valence-electron chi connectivity index (χ3n) is 6.61. The van der Waals surface area contributed by atoms with Crippen molar-refractivity contribution in [1.29, 1.82) is 0 Å². The number of hydrogen-bond donors (Lipinski definition) is 1. The number of thiophene rings is 1. The molecule has 1 aliphatic carbocycles. The number of aryl methyl sites for hydroxylation is 2. The Labute approximate surface area is 234 Å². The van der Waals surface area contributed by atoms with Gasteiger partial charge < -0.3 is 19.4 Å². The van der Waals surface area contributed by atoms with Gasteiger partial charge in [-0.15, -0.1) is 11.3 Å². The predicted octanol–water partition coefficient (Wildman–Crippen LogP) is 6.76. The van der Waals surface area contributed by atoms with Crippen molar-refractivity contribution in [3.63, 3.8) is 0 Å². The first kappa shape index (κ1) is 26.6. The van der Waals surface area contributed by atoms with Crippen molar-refractivity contribution in [2.45, 2.75) is 46.5 Å². The number of esters is 1. The zero-order valence-electron chi connectivity index (χ0n) is 21.6. The Bertz CT molecular complexity index is 1500. The molecule has 7 nitrogen and oxygen atoms in total. The molecule has 0 saturated carbocycles. The SMILES string of the molecule is CCOC(=O)c1c(-n2c(C)cc(/C=C3\SC(=Nc4cc(Cl)ccc4OC)NC3=O)c2C)sc2c1CCCC2. The van der Waals surface area contributed by atoms with Crippen LogP contribution in [0.2, 0.25) is 5.02 Å². The first-order valence-electron chi connectivity index (χ1n) is 12.4. The van der Waals surface area contributed by atoms with E-state index in [4.69, 9.17) is 21.1 Å². The maximum atomic E-state index is 13.0. The third-order valence-corrected chi connectivity index (χ3v) is 9.03. The topological polar surface area (TPSA) is 81.9 Å². The highest BCUT2D eigenvalue weighted by atomic mass is 35.5. The number of thioether (sulfide) groups is 1. The lowest BCUT2D eigenvalue weighted by Gasteiger charge is -2.13. The summed E-state index contributed by atoms with van der Waals surface area (Å²) in [6.07, 6.45) is 5.96. The Kier molecular flexibility index (Phi) is 7.70. The van der Waals surface area contributed by atoms with Crippen LogP contribution in [-0.4, -0.2) is 35.3 Å². The van der Waals surface area contributed by atoms with Crippen molar-refractivity contribution in [2.75, 3.05) is 13.7 Å². The molecule has 0 radical (unpaired) electrons. The van der Waals surface area contributed by atoms with Crippen molar-refractivity contribution < 1.29 is 19.1 Å². The summed E-state index contributed by atoms with van der Waals surface area (Å²) in [4.78, 5) is 32.2. The van der Waals surface area contributed by atoms with Gasteiger partial charge in [-0.1, -0.05) is 11.6 Å². The molecular formula is C28H28ClN3O4S2. The van der Waals surface area contributed by atoms with Gasteiger partial charge in [0, 0.05) is 21.3 Å². The van der Waals surface area contributed by atoms with Gasteiger partial charge in [-0.2, -0.15) is 0 Å². The molecule has 5 rings (SSSR count). The highest BCUT2D eigenvalue weighted by Gasteiger charge is 2.29. The molecule has 38 heavy (non-hydrogen) atoms. The van der Waals surface area contributed by atoms with Crippen molar-refractivity contribution in [3.05, 3.63) is 67.1 Å². The minimum Gasteiger partial charge on any atom is -0.494 e. The van der Waals surface area contributed by atoms with Crippen LogP contribution in [0.4, 0.5) is 5.69 Å². The van der Waals surface area contributed by atoms with Crippen LogP contribution in [0.1, 0.15) is 57.5 Å². The summed E-state index contributed by atoms with van der Waals surface area (Å²) in [6, 6.07) is 7.20. The van der Waals surface area contributed by atoms with Crippen molar-refractivity contribution >= 4 is 63.5 Å². The van der Waals surface area contributed by atoms with Gasteiger partial charge in [0.2, 0.25) is 0 Å². The molecule has 3 aromatic rings. The Morgan fingerprint density at radius 2 is 2.03 bits per heavy atom. The number of halogens is 1. The summed E-state index contributed by atoms with van der Waals surface area (Å²) < 4.78 is 12.9. The molecule has 1 amide bonds. The number of rotatable bonds is 6. The van der Waals surface area contributed by atoms with Gasteiger partial charge in [0.05, 0.1) is 24.2 Å². The molecule has 1 saturated heterocycles. The van der Waals surface area contributed by atoms with E-state index < -0.39 is 0 Å². The molecule has 198 valence electrons. The van der Waals surface area contributed by atoms with Crippen molar-refractivity contribution in [3.8, 4) is 10.8 Å². The summed E-state index contributed by atoms with van der Waals surface area (Å²) in [5, 5.41) is 4.70. The van der Waals surface area contributed by atoms with Crippen LogP contribution in [-0.2, 0) is 22.4 Å². The number of carbonyl (C=O) groups is 2. The van der Waals surface area contributed by atoms with E-state index in [9.17, 15) is 9.59 Å². The molecule has 1 fully saturated rings. The summed E-state index contributed by atoms with van der Waals surface area (Å²) in [6.45, 7) is 6.19. The van der Waals surface area contributed by atoms with E-state index in [0.717, 1.165) is 53.2 Å². The molecule has 3 heterocycles. The fraction of sp³-hybridized carbons (Fsp3) is 0.321. The molecule has 0 unspecified atom stereocenters. The first-order chi connectivity index (χ1) is 18.3. The molecule has 1 aliphatic heterocycles. The third kappa shape index (κ3) is 5.02. The van der Waals surface area contributed by atoms with Crippen LogP contribution in [0, 0.1) is 13.8 Å². The fourth-order valence-electron chi connectivity index (χ4n) is 4.85. The highest BCUT2D eigenvalue weighted by Crippen LogP contribution is 2.40. The number of amides is 1. The molecule has 1 N–H and O–H groups in total. The number of aliphatic imine (C=N–C) groups is 1. The van der Waals surface area contributed by atoms with E-state index in [1.54, 1.807) is 36.6 Å². The van der Waals surface area contributed by atoms with Gasteiger partial charge in [-0.25, -0.2) is 9.79 Å². The van der Waals surface area contributed by atoms with Gasteiger partial charge in [0.1, 0.15) is 16.4 Å². The van der Waals surface area contributed by atoms with Gasteiger partial charge in [0.25, 0.3) is 5.91 Å². The fourth-order valence-corrected chi connectivity index (χ4v) is 7.33. The summed E-state index contributed by atoms with van der Waals surface area (Å²) in [5.74, 6) is 0.0736. The number of carbonyl (C=O) groups excluding carboxylic acids is 2. The van der Waals surface area contributed by atoms with Crippen LogP contribution < -0.4 is 10.1 Å². The van der Waals surface area contributed by atoms with Crippen LogP contribution in [0.5, 0.6) is 5.75 Å². The lowest BCUT2D eigenvalue weighted by Crippen LogP contribution is -2.19. The number of methoxy groups -OCH3 is 1. The maximum Gasteiger partial charge on any atom is 0.341 e. The molecule has 2 aliphatic rings. The average molecular weight is 570 g/mol. The van der Waals surface area contributed by atoms with E-state index in [1.165, 1.54) is 16.6 Å². The number of ether oxygens (including phenoxy) is 2. The zero-order valence-corrected chi connectivity index (χ0v) is 24.0. The molecule has 0 bridgehead atoms. The average Bonchev–Trinajstić information content (AvgIpc) is 3.51. The van der Waals surface area contributed by atoms with Crippen LogP contribution in [0.15, 0.2) is 34.2 Å². The number of fused-ring (bicyclic) bond motifs is 1. The second kappa shape index (κ2) is 11.0. The Morgan fingerprint density at radius 3 is 2.79 bits per heavy atom.